The van der Waals surface area contributed by atoms with E-state index in [0.717, 1.165) is 11.0 Å². The van der Waals surface area contributed by atoms with Gasteiger partial charge in [0.1, 0.15) is 0 Å². The number of aromatic nitrogens is 1. The van der Waals surface area contributed by atoms with Crippen LogP contribution in [0, 0.1) is 0 Å². The Balaban J connectivity index is 2.37. The second kappa shape index (κ2) is 3.80. The third-order valence-electron chi connectivity index (χ3n) is 2.72. The molecule has 0 unspecified atom stereocenters. The molecule has 0 amide bonds. The lowest BCUT2D eigenvalue weighted by atomic mass is 10.1. The second-order valence-corrected chi connectivity index (χ2v) is 4.62. The fraction of sp³-hybridized carbons (Fsp3) is 0.0714. The van der Waals surface area contributed by atoms with Gasteiger partial charge in [0, 0.05) is 15.7 Å². The van der Waals surface area contributed by atoms with E-state index in [4.69, 9.17) is 0 Å². The Morgan fingerprint density at radius 2 is 1.69 bits per heavy atom. The summed E-state index contributed by atoms with van der Waals surface area (Å²) in [5, 5.41) is 2.42. The third-order valence-corrected chi connectivity index (χ3v) is 3.45. The number of rotatable bonds is 1. The monoisotopic (exact) mass is 225 g/mol. The molecule has 0 radical (unpaired) electrons. The second-order valence-electron chi connectivity index (χ2n) is 3.74. The molecule has 0 bridgehead atoms. The van der Waals surface area contributed by atoms with Crippen LogP contribution in [0.15, 0.2) is 53.4 Å². The van der Waals surface area contributed by atoms with E-state index in [2.05, 4.69) is 47.6 Å². The van der Waals surface area contributed by atoms with E-state index in [-0.39, 0.29) is 0 Å². The van der Waals surface area contributed by atoms with Crippen LogP contribution in [0.2, 0.25) is 0 Å². The molecule has 0 aliphatic heterocycles. The molecule has 1 nitrogen and oxygen atoms in total. The number of para-hydroxylation sites is 1. The van der Waals surface area contributed by atoms with Gasteiger partial charge in [-0.05, 0) is 36.6 Å². The number of fused-ring (bicyclic) bond motifs is 2. The van der Waals surface area contributed by atoms with E-state index in [1.165, 1.54) is 15.7 Å². The van der Waals surface area contributed by atoms with Crippen LogP contribution < -0.4 is 0 Å². The van der Waals surface area contributed by atoms with Gasteiger partial charge in [-0.2, -0.15) is 0 Å². The highest BCUT2D eigenvalue weighted by molar-refractivity contribution is 7.98. The summed E-state index contributed by atoms with van der Waals surface area (Å²) in [6.07, 6.45) is 2.09. The van der Waals surface area contributed by atoms with Crippen LogP contribution in [0.1, 0.15) is 0 Å². The summed E-state index contributed by atoms with van der Waals surface area (Å²) in [7, 11) is 0. The standard InChI is InChI=1S/C14H11NS/c1-16-12-6-7-14-11(9-12)8-10-4-2-3-5-13(10)15-14/h2-9H,1H3. The number of thioether (sulfide) groups is 1. The summed E-state index contributed by atoms with van der Waals surface area (Å²) < 4.78 is 0. The van der Waals surface area contributed by atoms with Crippen molar-refractivity contribution in [2.24, 2.45) is 0 Å². The molecular formula is C14H11NS. The summed E-state index contributed by atoms with van der Waals surface area (Å²) in [6.45, 7) is 0. The van der Waals surface area contributed by atoms with Crippen molar-refractivity contribution in [3.8, 4) is 0 Å². The lowest BCUT2D eigenvalue weighted by Gasteiger charge is -2.03. The minimum atomic E-state index is 1.06. The van der Waals surface area contributed by atoms with Crippen LogP contribution in [-0.2, 0) is 0 Å². The van der Waals surface area contributed by atoms with Gasteiger partial charge in [-0.15, -0.1) is 11.8 Å². The number of hydrogen-bond acceptors (Lipinski definition) is 2. The molecule has 0 aliphatic rings. The summed E-state index contributed by atoms with van der Waals surface area (Å²) in [5.41, 5.74) is 2.13. The maximum Gasteiger partial charge on any atom is 0.0710 e. The minimum Gasteiger partial charge on any atom is -0.248 e. The predicted octanol–water partition coefficient (Wildman–Crippen LogP) is 4.11. The molecule has 0 spiro atoms. The summed E-state index contributed by atoms with van der Waals surface area (Å²) in [6, 6.07) is 16.8. The fourth-order valence-corrected chi connectivity index (χ4v) is 2.33. The zero-order valence-electron chi connectivity index (χ0n) is 8.97. The van der Waals surface area contributed by atoms with E-state index >= 15 is 0 Å². The summed E-state index contributed by atoms with van der Waals surface area (Å²) >= 11 is 1.76. The summed E-state index contributed by atoms with van der Waals surface area (Å²) in [4.78, 5) is 5.93. The van der Waals surface area contributed by atoms with Crippen molar-refractivity contribution in [1.29, 1.82) is 0 Å². The largest absolute Gasteiger partial charge is 0.248 e. The van der Waals surface area contributed by atoms with Crippen molar-refractivity contribution in [2.45, 2.75) is 4.90 Å². The maximum absolute atomic E-state index is 4.64. The Bertz CT molecular complexity index is 661. The first-order valence-corrected chi connectivity index (χ1v) is 6.43. The fourth-order valence-electron chi connectivity index (χ4n) is 1.89. The first-order valence-electron chi connectivity index (χ1n) is 5.20. The Morgan fingerprint density at radius 3 is 2.56 bits per heavy atom. The molecule has 16 heavy (non-hydrogen) atoms. The van der Waals surface area contributed by atoms with Crippen molar-refractivity contribution >= 4 is 33.6 Å². The lowest BCUT2D eigenvalue weighted by Crippen LogP contribution is -1.82. The molecule has 0 saturated carbocycles. The van der Waals surface area contributed by atoms with Gasteiger partial charge < -0.3 is 0 Å². The van der Waals surface area contributed by atoms with Gasteiger partial charge in [0.25, 0.3) is 0 Å². The molecule has 0 saturated heterocycles. The van der Waals surface area contributed by atoms with Gasteiger partial charge in [0.2, 0.25) is 0 Å². The predicted molar refractivity (Wildman–Crippen MR) is 71.0 cm³/mol. The van der Waals surface area contributed by atoms with Gasteiger partial charge in [0.15, 0.2) is 0 Å². The highest BCUT2D eigenvalue weighted by Gasteiger charge is 1.99. The van der Waals surface area contributed by atoms with Crippen LogP contribution in [0.5, 0.6) is 0 Å². The number of nitrogens with zero attached hydrogens (tertiary/aromatic N) is 1. The van der Waals surface area contributed by atoms with E-state index in [1.54, 1.807) is 11.8 Å². The van der Waals surface area contributed by atoms with Gasteiger partial charge in [0.05, 0.1) is 11.0 Å². The Labute approximate surface area is 98.5 Å². The quantitative estimate of drug-likeness (QED) is 0.456. The van der Waals surface area contributed by atoms with Gasteiger partial charge in [-0.25, -0.2) is 4.98 Å². The van der Waals surface area contributed by atoms with Crippen LogP contribution in [0.4, 0.5) is 0 Å². The van der Waals surface area contributed by atoms with Crippen LogP contribution >= 0.6 is 11.8 Å². The topological polar surface area (TPSA) is 12.9 Å². The average molecular weight is 225 g/mol. The molecule has 1 heterocycles. The Kier molecular flexibility index (Phi) is 2.29. The molecule has 0 aliphatic carbocycles. The first kappa shape index (κ1) is 9.67. The Morgan fingerprint density at radius 1 is 0.875 bits per heavy atom. The molecular weight excluding hydrogens is 214 g/mol. The van der Waals surface area contributed by atoms with Crippen LogP contribution in [0.3, 0.4) is 0 Å². The van der Waals surface area contributed by atoms with E-state index in [9.17, 15) is 0 Å². The van der Waals surface area contributed by atoms with Crippen molar-refractivity contribution < 1.29 is 0 Å². The van der Waals surface area contributed by atoms with Crippen molar-refractivity contribution in [3.63, 3.8) is 0 Å². The molecule has 1 aromatic heterocycles. The molecule has 0 atom stereocenters. The molecule has 3 rings (SSSR count). The van der Waals surface area contributed by atoms with Crippen molar-refractivity contribution in [2.75, 3.05) is 6.26 Å². The zero-order chi connectivity index (χ0) is 11.0. The number of benzene rings is 2. The molecule has 2 heteroatoms. The lowest BCUT2D eigenvalue weighted by molar-refractivity contribution is 1.45. The van der Waals surface area contributed by atoms with Gasteiger partial charge >= 0.3 is 0 Å². The molecule has 78 valence electrons. The SMILES string of the molecule is CSc1ccc2nc3ccccc3cc2c1. The number of pyridine rings is 1. The molecule has 3 aromatic rings. The molecule has 0 N–H and O–H groups in total. The van der Waals surface area contributed by atoms with Crippen molar-refractivity contribution in [1.82, 2.24) is 4.98 Å². The normalized spacial score (nSPS) is 11.1. The smallest absolute Gasteiger partial charge is 0.0710 e. The van der Waals surface area contributed by atoms with Crippen LogP contribution in [-0.4, -0.2) is 11.2 Å². The van der Waals surface area contributed by atoms with Gasteiger partial charge in [-0.3, -0.25) is 0 Å². The minimum absolute atomic E-state index is 1.06. The maximum atomic E-state index is 4.64. The highest BCUT2D eigenvalue weighted by Crippen LogP contribution is 2.24. The molecule has 2 aromatic carbocycles. The Hall–Kier alpha value is -1.54. The van der Waals surface area contributed by atoms with Gasteiger partial charge in [-0.1, -0.05) is 18.2 Å². The van der Waals surface area contributed by atoms with E-state index in [1.807, 2.05) is 12.1 Å². The average Bonchev–Trinajstić information content (AvgIpc) is 2.35. The first-order chi connectivity index (χ1) is 7.86. The van der Waals surface area contributed by atoms with Crippen LogP contribution in [0.25, 0.3) is 21.8 Å². The zero-order valence-corrected chi connectivity index (χ0v) is 9.79. The molecule has 0 fully saturated rings. The van der Waals surface area contributed by atoms with E-state index in [0.29, 0.717) is 0 Å². The van der Waals surface area contributed by atoms with Crippen molar-refractivity contribution in [3.05, 3.63) is 48.5 Å². The summed E-state index contributed by atoms with van der Waals surface area (Å²) in [5.74, 6) is 0. The third kappa shape index (κ3) is 1.55. The number of hydrogen-bond donors (Lipinski definition) is 0. The van der Waals surface area contributed by atoms with E-state index < -0.39 is 0 Å². The highest BCUT2D eigenvalue weighted by atomic mass is 32.2.